The molecule has 0 saturated carbocycles. The van der Waals surface area contributed by atoms with E-state index in [1.165, 1.54) is 23.5 Å². The van der Waals surface area contributed by atoms with E-state index in [1.807, 2.05) is 0 Å². The van der Waals surface area contributed by atoms with Crippen LogP contribution in [0.5, 0.6) is 0 Å². The number of benzene rings is 1. The van der Waals surface area contributed by atoms with Gasteiger partial charge in [-0.15, -0.1) is 16.3 Å². The molecule has 0 radical (unpaired) electrons. The molecule has 0 spiro atoms. The molecule has 1 aromatic carbocycles. The van der Waals surface area contributed by atoms with E-state index in [0.717, 1.165) is 5.69 Å². The molecule has 0 aliphatic rings. The number of nitro benzene ring substituents is 1. The summed E-state index contributed by atoms with van der Waals surface area (Å²) < 4.78 is 1.69. The smallest absolute Gasteiger partial charge is 0.269 e. The van der Waals surface area contributed by atoms with Crippen LogP contribution in [0.15, 0.2) is 40.8 Å². The van der Waals surface area contributed by atoms with Crippen molar-refractivity contribution in [2.24, 2.45) is 4.99 Å². The molecule has 17 heavy (non-hydrogen) atoms. The summed E-state index contributed by atoms with van der Waals surface area (Å²) in [6, 6.07) is 6.05. The lowest BCUT2D eigenvalue weighted by molar-refractivity contribution is -0.384. The SMILES string of the molecule is N#CN=c1sccn1-c1ccc([N+](=O)[O-])cc1. The Morgan fingerprint density at radius 1 is 1.41 bits per heavy atom. The molecule has 2 rings (SSSR count). The van der Waals surface area contributed by atoms with Gasteiger partial charge in [0.15, 0.2) is 0 Å². The number of hydrogen-bond donors (Lipinski definition) is 0. The zero-order valence-electron chi connectivity index (χ0n) is 8.48. The lowest BCUT2D eigenvalue weighted by Crippen LogP contribution is -2.10. The first-order valence-corrected chi connectivity index (χ1v) is 5.44. The molecule has 1 aromatic heterocycles. The van der Waals surface area contributed by atoms with Gasteiger partial charge in [0.25, 0.3) is 5.69 Å². The summed E-state index contributed by atoms with van der Waals surface area (Å²) in [5.41, 5.74) is 0.759. The van der Waals surface area contributed by atoms with Gasteiger partial charge in [0.1, 0.15) is 0 Å². The molecular formula is C10H6N4O2S. The van der Waals surface area contributed by atoms with Gasteiger partial charge in [-0.2, -0.15) is 5.26 Å². The van der Waals surface area contributed by atoms with E-state index < -0.39 is 4.92 Å². The average Bonchev–Trinajstić information content (AvgIpc) is 2.78. The molecule has 0 amide bonds. The molecule has 84 valence electrons. The van der Waals surface area contributed by atoms with Crippen LogP contribution in [0.3, 0.4) is 0 Å². The summed E-state index contributed by atoms with van der Waals surface area (Å²) in [5, 5.41) is 20.8. The second kappa shape index (κ2) is 4.59. The minimum absolute atomic E-state index is 0.0309. The van der Waals surface area contributed by atoms with Gasteiger partial charge in [0, 0.05) is 29.4 Å². The third-order valence-electron chi connectivity index (χ3n) is 2.07. The van der Waals surface area contributed by atoms with Crippen molar-refractivity contribution in [2.75, 3.05) is 0 Å². The van der Waals surface area contributed by atoms with Gasteiger partial charge in [-0.05, 0) is 12.1 Å². The Labute approximate surface area is 99.9 Å². The fourth-order valence-corrected chi connectivity index (χ4v) is 2.00. The van der Waals surface area contributed by atoms with E-state index in [-0.39, 0.29) is 5.69 Å². The average molecular weight is 246 g/mol. The van der Waals surface area contributed by atoms with Crippen LogP contribution in [0, 0.1) is 21.6 Å². The topological polar surface area (TPSA) is 84.2 Å². The molecular weight excluding hydrogens is 240 g/mol. The number of thiazole rings is 1. The van der Waals surface area contributed by atoms with E-state index in [4.69, 9.17) is 5.26 Å². The van der Waals surface area contributed by atoms with E-state index in [2.05, 4.69) is 4.99 Å². The van der Waals surface area contributed by atoms with E-state index in [9.17, 15) is 10.1 Å². The molecule has 0 saturated heterocycles. The molecule has 0 N–H and O–H groups in total. The second-order valence-electron chi connectivity index (χ2n) is 3.04. The number of nitrogens with zero attached hydrogens (tertiary/aromatic N) is 4. The first kappa shape index (κ1) is 11.0. The Bertz CT molecular complexity index is 648. The lowest BCUT2D eigenvalue weighted by Gasteiger charge is -2.00. The molecule has 7 heteroatoms. The van der Waals surface area contributed by atoms with E-state index in [1.54, 1.807) is 34.5 Å². The van der Waals surface area contributed by atoms with E-state index in [0.29, 0.717) is 4.80 Å². The number of nitriles is 1. The fraction of sp³-hybridized carbons (Fsp3) is 0. The van der Waals surface area contributed by atoms with E-state index >= 15 is 0 Å². The van der Waals surface area contributed by atoms with Crippen LogP contribution in [0.1, 0.15) is 0 Å². The number of rotatable bonds is 2. The molecule has 0 aliphatic heterocycles. The molecule has 0 fully saturated rings. The highest BCUT2D eigenvalue weighted by atomic mass is 32.1. The van der Waals surface area contributed by atoms with Gasteiger partial charge in [-0.1, -0.05) is 0 Å². The van der Waals surface area contributed by atoms with Gasteiger partial charge < -0.3 is 0 Å². The maximum atomic E-state index is 10.5. The zero-order chi connectivity index (χ0) is 12.3. The summed E-state index contributed by atoms with van der Waals surface area (Å²) in [5.74, 6) is 0. The molecule has 0 atom stereocenters. The Morgan fingerprint density at radius 3 is 2.71 bits per heavy atom. The summed E-state index contributed by atoms with van der Waals surface area (Å²) in [6.07, 6.45) is 3.47. The maximum Gasteiger partial charge on any atom is 0.269 e. The van der Waals surface area contributed by atoms with Crippen molar-refractivity contribution in [3.8, 4) is 11.9 Å². The standard InChI is InChI=1S/C10H6N4O2S/c11-7-12-10-13(5-6-17-10)8-1-3-9(4-2-8)14(15)16/h1-6H. The Hall–Kier alpha value is -2.46. The summed E-state index contributed by atoms with van der Waals surface area (Å²) in [4.78, 5) is 14.2. The van der Waals surface area contributed by atoms with Crippen LogP contribution < -0.4 is 4.80 Å². The number of aromatic nitrogens is 1. The number of hydrogen-bond acceptors (Lipinski definition) is 5. The fourth-order valence-electron chi connectivity index (χ4n) is 1.33. The van der Waals surface area contributed by atoms with Crippen molar-refractivity contribution in [3.05, 3.63) is 50.8 Å². The lowest BCUT2D eigenvalue weighted by atomic mass is 10.3. The third-order valence-corrected chi connectivity index (χ3v) is 2.83. The van der Waals surface area contributed by atoms with Crippen LogP contribution in [0.4, 0.5) is 5.69 Å². The molecule has 0 bridgehead atoms. The van der Waals surface area contributed by atoms with Crippen LogP contribution >= 0.6 is 11.3 Å². The quantitative estimate of drug-likeness (QED) is 0.460. The van der Waals surface area contributed by atoms with Crippen LogP contribution in [0.2, 0.25) is 0 Å². The minimum Gasteiger partial charge on any atom is -0.292 e. The van der Waals surface area contributed by atoms with Gasteiger partial charge in [-0.3, -0.25) is 14.7 Å². The maximum absolute atomic E-state index is 10.5. The van der Waals surface area contributed by atoms with Gasteiger partial charge >= 0.3 is 0 Å². The molecule has 6 nitrogen and oxygen atoms in total. The Morgan fingerprint density at radius 2 is 2.12 bits per heavy atom. The number of nitro groups is 1. The highest BCUT2D eigenvalue weighted by Crippen LogP contribution is 2.14. The zero-order valence-corrected chi connectivity index (χ0v) is 9.29. The van der Waals surface area contributed by atoms with Crippen molar-refractivity contribution in [1.29, 1.82) is 5.26 Å². The number of non-ortho nitro benzene ring substituents is 1. The molecule has 0 aliphatic carbocycles. The minimum atomic E-state index is -0.456. The second-order valence-corrected chi connectivity index (χ2v) is 3.91. The normalized spacial score (nSPS) is 11.1. The first-order chi connectivity index (χ1) is 8.22. The van der Waals surface area contributed by atoms with Crippen LogP contribution in [-0.2, 0) is 0 Å². The van der Waals surface area contributed by atoms with Gasteiger partial charge in [-0.25, -0.2) is 0 Å². The van der Waals surface area contributed by atoms with Gasteiger partial charge in [0.2, 0.25) is 11.0 Å². The largest absolute Gasteiger partial charge is 0.292 e. The Balaban J connectivity index is 2.48. The van der Waals surface area contributed by atoms with Crippen LogP contribution in [-0.4, -0.2) is 9.49 Å². The molecule has 2 aromatic rings. The third kappa shape index (κ3) is 2.21. The monoisotopic (exact) mass is 246 g/mol. The van der Waals surface area contributed by atoms with Crippen molar-refractivity contribution in [1.82, 2.24) is 4.57 Å². The highest BCUT2D eigenvalue weighted by Gasteiger charge is 2.05. The van der Waals surface area contributed by atoms with Gasteiger partial charge in [0.05, 0.1) is 4.92 Å². The molecule has 0 unspecified atom stereocenters. The summed E-state index contributed by atoms with van der Waals surface area (Å²) in [7, 11) is 0. The van der Waals surface area contributed by atoms with Crippen LogP contribution in [0.25, 0.3) is 5.69 Å². The Kier molecular flexibility index (Phi) is 2.98. The molecule has 1 heterocycles. The van der Waals surface area contributed by atoms with Crippen molar-refractivity contribution in [3.63, 3.8) is 0 Å². The first-order valence-electron chi connectivity index (χ1n) is 4.56. The van der Waals surface area contributed by atoms with Crippen molar-refractivity contribution >= 4 is 17.0 Å². The van der Waals surface area contributed by atoms with Crippen molar-refractivity contribution in [2.45, 2.75) is 0 Å². The summed E-state index contributed by atoms with van der Waals surface area (Å²) in [6.45, 7) is 0. The van der Waals surface area contributed by atoms with Crippen molar-refractivity contribution < 1.29 is 4.92 Å². The highest BCUT2D eigenvalue weighted by molar-refractivity contribution is 7.07. The predicted molar refractivity (Wildman–Crippen MR) is 61.5 cm³/mol. The summed E-state index contributed by atoms with van der Waals surface area (Å²) >= 11 is 1.32. The predicted octanol–water partition coefficient (Wildman–Crippen LogP) is 1.83.